The van der Waals surface area contributed by atoms with E-state index in [1.165, 1.54) is 5.56 Å². The standard InChI is InChI=1S/C16H26N2O3/c1-4-18-16(19)7-9-21-15-6-5-13(2)11-14(15)12-17-8-10-20-3/h5-6,11,17H,4,7-10,12H2,1-3H3,(H,18,19). The number of carbonyl (C=O) groups excluding carboxylic acids is 1. The van der Waals surface area contributed by atoms with Gasteiger partial charge in [0, 0.05) is 32.3 Å². The zero-order valence-corrected chi connectivity index (χ0v) is 13.2. The van der Waals surface area contributed by atoms with Crippen LogP contribution < -0.4 is 15.4 Å². The zero-order valence-electron chi connectivity index (χ0n) is 13.2. The average molecular weight is 294 g/mol. The van der Waals surface area contributed by atoms with Gasteiger partial charge in [-0.3, -0.25) is 4.79 Å². The molecule has 5 heteroatoms. The van der Waals surface area contributed by atoms with E-state index in [0.717, 1.165) is 24.4 Å². The SMILES string of the molecule is CCNC(=O)CCOc1ccc(C)cc1CNCCOC. The quantitative estimate of drug-likeness (QED) is 0.644. The summed E-state index contributed by atoms with van der Waals surface area (Å²) in [5.41, 5.74) is 2.29. The molecular formula is C16H26N2O3. The maximum absolute atomic E-state index is 11.4. The van der Waals surface area contributed by atoms with E-state index in [2.05, 4.69) is 23.6 Å². The monoisotopic (exact) mass is 294 g/mol. The summed E-state index contributed by atoms with van der Waals surface area (Å²) in [5.74, 6) is 0.846. The Labute approximate surface area is 127 Å². The van der Waals surface area contributed by atoms with Crippen LogP contribution in [0.2, 0.25) is 0 Å². The third-order valence-electron chi connectivity index (χ3n) is 2.98. The van der Waals surface area contributed by atoms with Gasteiger partial charge in [-0.1, -0.05) is 17.7 Å². The number of benzene rings is 1. The molecule has 0 radical (unpaired) electrons. The van der Waals surface area contributed by atoms with Crippen LogP contribution in [0.5, 0.6) is 5.75 Å². The minimum absolute atomic E-state index is 0.0179. The first-order valence-corrected chi connectivity index (χ1v) is 7.36. The van der Waals surface area contributed by atoms with Crippen LogP contribution in [0.3, 0.4) is 0 Å². The fourth-order valence-electron chi connectivity index (χ4n) is 1.92. The van der Waals surface area contributed by atoms with E-state index in [4.69, 9.17) is 9.47 Å². The molecule has 21 heavy (non-hydrogen) atoms. The molecule has 0 saturated heterocycles. The Morgan fingerprint density at radius 3 is 2.81 bits per heavy atom. The number of methoxy groups -OCH3 is 1. The number of nitrogens with one attached hydrogen (secondary N) is 2. The molecule has 0 aliphatic heterocycles. The minimum atomic E-state index is 0.0179. The highest BCUT2D eigenvalue weighted by Crippen LogP contribution is 2.20. The van der Waals surface area contributed by atoms with Crippen molar-refractivity contribution in [2.24, 2.45) is 0 Å². The molecule has 0 unspecified atom stereocenters. The van der Waals surface area contributed by atoms with Gasteiger partial charge in [0.25, 0.3) is 0 Å². The second-order valence-corrected chi connectivity index (χ2v) is 4.83. The van der Waals surface area contributed by atoms with Gasteiger partial charge in [0.1, 0.15) is 5.75 Å². The number of hydrogen-bond donors (Lipinski definition) is 2. The molecule has 2 N–H and O–H groups in total. The summed E-state index contributed by atoms with van der Waals surface area (Å²) in [5, 5.41) is 6.06. The van der Waals surface area contributed by atoms with E-state index in [1.807, 2.05) is 19.1 Å². The van der Waals surface area contributed by atoms with Crippen molar-refractivity contribution in [3.8, 4) is 5.75 Å². The van der Waals surface area contributed by atoms with Gasteiger partial charge in [0.15, 0.2) is 0 Å². The van der Waals surface area contributed by atoms with E-state index >= 15 is 0 Å². The summed E-state index contributed by atoms with van der Waals surface area (Å²) in [7, 11) is 1.68. The highest BCUT2D eigenvalue weighted by atomic mass is 16.5. The minimum Gasteiger partial charge on any atom is -0.493 e. The Morgan fingerprint density at radius 1 is 1.29 bits per heavy atom. The van der Waals surface area contributed by atoms with Gasteiger partial charge in [-0.2, -0.15) is 0 Å². The molecule has 0 bridgehead atoms. The van der Waals surface area contributed by atoms with Crippen LogP contribution in [-0.2, 0) is 16.1 Å². The van der Waals surface area contributed by atoms with Gasteiger partial charge in [-0.25, -0.2) is 0 Å². The molecule has 0 aliphatic rings. The van der Waals surface area contributed by atoms with Crippen LogP contribution in [0.15, 0.2) is 18.2 Å². The van der Waals surface area contributed by atoms with Crippen molar-refractivity contribution in [3.63, 3.8) is 0 Å². The summed E-state index contributed by atoms with van der Waals surface area (Å²) < 4.78 is 10.7. The molecule has 0 heterocycles. The lowest BCUT2D eigenvalue weighted by Gasteiger charge is -2.13. The normalized spacial score (nSPS) is 10.4. The lowest BCUT2D eigenvalue weighted by atomic mass is 10.1. The summed E-state index contributed by atoms with van der Waals surface area (Å²) in [4.78, 5) is 11.4. The van der Waals surface area contributed by atoms with Crippen molar-refractivity contribution in [3.05, 3.63) is 29.3 Å². The van der Waals surface area contributed by atoms with Crippen molar-refractivity contribution >= 4 is 5.91 Å². The highest BCUT2D eigenvalue weighted by molar-refractivity contribution is 5.75. The average Bonchev–Trinajstić information content (AvgIpc) is 2.46. The van der Waals surface area contributed by atoms with Crippen molar-refractivity contribution in [2.75, 3.05) is 33.4 Å². The van der Waals surface area contributed by atoms with Gasteiger partial charge in [-0.05, 0) is 19.9 Å². The number of aryl methyl sites for hydroxylation is 1. The predicted octanol–water partition coefficient (Wildman–Crippen LogP) is 1.64. The van der Waals surface area contributed by atoms with Crippen LogP contribution in [0.1, 0.15) is 24.5 Å². The van der Waals surface area contributed by atoms with Crippen molar-refractivity contribution in [1.29, 1.82) is 0 Å². The molecule has 0 atom stereocenters. The molecule has 118 valence electrons. The third-order valence-corrected chi connectivity index (χ3v) is 2.98. The zero-order chi connectivity index (χ0) is 15.5. The predicted molar refractivity (Wildman–Crippen MR) is 83.6 cm³/mol. The van der Waals surface area contributed by atoms with Crippen molar-refractivity contribution < 1.29 is 14.3 Å². The molecule has 1 aromatic carbocycles. The van der Waals surface area contributed by atoms with Crippen LogP contribution in [-0.4, -0.2) is 39.3 Å². The first-order valence-electron chi connectivity index (χ1n) is 7.36. The third kappa shape index (κ3) is 7.11. The van der Waals surface area contributed by atoms with Crippen LogP contribution >= 0.6 is 0 Å². The smallest absolute Gasteiger partial charge is 0.223 e. The molecule has 0 aliphatic carbocycles. The van der Waals surface area contributed by atoms with Gasteiger partial charge in [-0.15, -0.1) is 0 Å². The number of amides is 1. The molecule has 1 aromatic rings. The Balaban J connectivity index is 2.49. The molecular weight excluding hydrogens is 268 g/mol. The van der Waals surface area contributed by atoms with Crippen molar-refractivity contribution in [1.82, 2.24) is 10.6 Å². The van der Waals surface area contributed by atoms with Gasteiger partial charge >= 0.3 is 0 Å². The Morgan fingerprint density at radius 2 is 2.10 bits per heavy atom. The molecule has 1 rings (SSSR count). The summed E-state index contributed by atoms with van der Waals surface area (Å²) in [6.07, 6.45) is 0.373. The largest absolute Gasteiger partial charge is 0.493 e. The molecule has 0 spiro atoms. The topological polar surface area (TPSA) is 59.6 Å². The number of rotatable bonds is 10. The fourth-order valence-corrected chi connectivity index (χ4v) is 1.92. The van der Waals surface area contributed by atoms with E-state index in [1.54, 1.807) is 7.11 Å². The second-order valence-electron chi connectivity index (χ2n) is 4.83. The van der Waals surface area contributed by atoms with Gasteiger partial charge < -0.3 is 20.1 Å². The van der Waals surface area contributed by atoms with E-state index < -0.39 is 0 Å². The lowest BCUT2D eigenvalue weighted by Crippen LogP contribution is -2.24. The van der Waals surface area contributed by atoms with Crippen LogP contribution in [0, 0.1) is 6.92 Å². The second kappa shape index (κ2) is 10.2. The fraction of sp³-hybridized carbons (Fsp3) is 0.562. The number of carbonyl (C=O) groups is 1. The van der Waals surface area contributed by atoms with Crippen LogP contribution in [0.25, 0.3) is 0 Å². The molecule has 0 fully saturated rings. The maximum atomic E-state index is 11.4. The molecule has 0 saturated carbocycles. The number of ether oxygens (including phenoxy) is 2. The molecule has 0 aromatic heterocycles. The Bertz CT molecular complexity index is 436. The van der Waals surface area contributed by atoms with Crippen LogP contribution in [0.4, 0.5) is 0 Å². The summed E-state index contributed by atoms with van der Waals surface area (Å²) in [6.45, 7) is 7.20. The van der Waals surface area contributed by atoms with E-state index in [-0.39, 0.29) is 5.91 Å². The van der Waals surface area contributed by atoms with Crippen molar-refractivity contribution in [2.45, 2.75) is 26.8 Å². The highest BCUT2D eigenvalue weighted by Gasteiger charge is 2.06. The molecule has 1 amide bonds. The Kier molecular flexibility index (Phi) is 8.47. The summed E-state index contributed by atoms with van der Waals surface area (Å²) in [6, 6.07) is 6.07. The maximum Gasteiger partial charge on any atom is 0.223 e. The van der Waals surface area contributed by atoms with E-state index in [0.29, 0.717) is 26.2 Å². The lowest BCUT2D eigenvalue weighted by molar-refractivity contribution is -0.121. The van der Waals surface area contributed by atoms with Gasteiger partial charge in [0.05, 0.1) is 19.6 Å². The number of hydrogen-bond acceptors (Lipinski definition) is 4. The Hall–Kier alpha value is -1.59. The summed E-state index contributed by atoms with van der Waals surface area (Å²) >= 11 is 0. The molecule has 5 nitrogen and oxygen atoms in total. The van der Waals surface area contributed by atoms with Gasteiger partial charge in [0.2, 0.25) is 5.91 Å². The first kappa shape index (κ1) is 17.5. The van der Waals surface area contributed by atoms with E-state index in [9.17, 15) is 4.79 Å². The first-order chi connectivity index (χ1) is 10.2.